The highest BCUT2D eigenvalue weighted by Gasteiger charge is 2.30. The Balaban J connectivity index is 2.56. The molecule has 0 atom stereocenters. The number of rotatable bonds is 5. The Morgan fingerprint density at radius 1 is 1.24 bits per heavy atom. The molecule has 1 aromatic carbocycles. The van der Waals surface area contributed by atoms with Gasteiger partial charge in [-0.3, -0.25) is 9.59 Å². The average Bonchev–Trinajstić information content (AvgIpc) is 2.38. The summed E-state index contributed by atoms with van der Waals surface area (Å²) in [7, 11) is 1.49. The molecule has 1 N–H and O–H groups in total. The van der Waals surface area contributed by atoms with Crippen molar-refractivity contribution >= 4 is 17.5 Å². The minimum atomic E-state index is -4.76. The molecule has 0 radical (unpaired) electrons. The number of benzene rings is 1. The first kappa shape index (κ1) is 16.8. The van der Waals surface area contributed by atoms with E-state index in [1.807, 2.05) is 0 Å². The molecular weight excluding hydrogens is 289 g/mol. The number of ether oxygens (including phenoxy) is 1. The van der Waals surface area contributed by atoms with E-state index in [0.717, 1.165) is 12.1 Å². The van der Waals surface area contributed by atoms with Gasteiger partial charge in [-0.25, -0.2) is 0 Å². The van der Waals surface area contributed by atoms with E-state index in [0.29, 0.717) is 5.69 Å². The van der Waals surface area contributed by atoms with Gasteiger partial charge in [0.25, 0.3) is 0 Å². The highest BCUT2D eigenvalue weighted by atomic mass is 19.4. The van der Waals surface area contributed by atoms with Crippen molar-refractivity contribution in [1.82, 2.24) is 4.90 Å². The van der Waals surface area contributed by atoms with Crippen LogP contribution in [0.25, 0.3) is 0 Å². The van der Waals surface area contributed by atoms with Gasteiger partial charge in [0.15, 0.2) is 0 Å². The highest BCUT2D eigenvalue weighted by Crippen LogP contribution is 2.23. The average molecular weight is 304 g/mol. The van der Waals surface area contributed by atoms with Gasteiger partial charge in [-0.1, -0.05) is 6.92 Å². The topological polar surface area (TPSA) is 58.6 Å². The van der Waals surface area contributed by atoms with Crippen molar-refractivity contribution in [3.8, 4) is 5.75 Å². The van der Waals surface area contributed by atoms with Crippen molar-refractivity contribution in [3.63, 3.8) is 0 Å². The molecule has 21 heavy (non-hydrogen) atoms. The number of amides is 2. The van der Waals surface area contributed by atoms with E-state index in [2.05, 4.69) is 10.1 Å². The summed E-state index contributed by atoms with van der Waals surface area (Å²) < 4.78 is 39.6. The fourth-order valence-electron chi connectivity index (χ4n) is 1.51. The number of nitrogens with zero attached hydrogens (tertiary/aromatic N) is 1. The summed E-state index contributed by atoms with van der Waals surface area (Å²) in [6, 6.07) is 4.73. The first-order valence-electron chi connectivity index (χ1n) is 6.11. The summed E-state index contributed by atoms with van der Waals surface area (Å²) >= 11 is 0. The molecule has 0 aromatic heterocycles. The van der Waals surface area contributed by atoms with Crippen LogP contribution in [-0.4, -0.2) is 36.7 Å². The fraction of sp³-hybridized carbons (Fsp3) is 0.385. The zero-order valence-corrected chi connectivity index (χ0v) is 11.5. The lowest BCUT2D eigenvalue weighted by Gasteiger charge is -2.16. The van der Waals surface area contributed by atoms with Crippen LogP contribution in [0.1, 0.15) is 13.3 Å². The molecule has 0 aliphatic carbocycles. The summed E-state index contributed by atoms with van der Waals surface area (Å²) in [5, 5.41) is 2.47. The summed E-state index contributed by atoms with van der Waals surface area (Å²) in [4.78, 5) is 24.2. The quantitative estimate of drug-likeness (QED) is 0.908. The molecular formula is C13H15F3N2O3. The van der Waals surface area contributed by atoms with Crippen LogP contribution in [0.5, 0.6) is 5.75 Å². The Morgan fingerprint density at radius 2 is 1.81 bits per heavy atom. The standard InChI is InChI=1S/C13H15F3N2O3/c1-3-12(20)18(2)8-11(19)17-9-4-6-10(7-5-9)21-13(14,15)16/h4-7H,3,8H2,1-2H3,(H,17,19). The molecule has 0 heterocycles. The highest BCUT2D eigenvalue weighted by molar-refractivity contribution is 5.94. The first-order valence-corrected chi connectivity index (χ1v) is 6.11. The monoisotopic (exact) mass is 304 g/mol. The molecule has 116 valence electrons. The number of hydrogen-bond acceptors (Lipinski definition) is 3. The van der Waals surface area contributed by atoms with Gasteiger partial charge >= 0.3 is 6.36 Å². The molecule has 0 bridgehead atoms. The zero-order chi connectivity index (χ0) is 16.0. The third-order valence-electron chi connectivity index (χ3n) is 2.48. The molecule has 0 saturated heterocycles. The van der Waals surface area contributed by atoms with Crippen LogP contribution >= 0.6 is 0 Å². The van der Waals surface area contributed by atoms with Gasteiger partial charge in [0.05, 0.1) is 6.54 Å². The zero-order valence-electron chi connectivity index (χ0n) is 11.5. The third kappa shape index (κ3) is 6.15. The van der Waals surface area contributed by atoms with Gasteiger partial charge < -0.3 is 15.0 Å². The molecule has 0 aliphatic rings. The van der Waals surface area contributed by atoms with E-state index >= 15 is 0 Å². The molecule has 0 aliphatic heterocycles. The number of alkyl halides is 3. The maximum atomic E-state index is 12.0. The predicted molar refractivity (Wildman–Crippen MR) is 69.7 cm³/mol. The number of likely N-dealkylation sites (N-methyl/N-ethyl adjacent to an activating group) is 1. The van der Waals surface area contributed by atoms with Crippen molar-refractivity contribution < 1.29 is 27.5 Å². The van der Waals surface area contributed by atoms with Crippen molar-refractivity contribution in [2.24, 2.45) is 0 Å². The molecule has 5 nitrogen and oxygen atoms in total. The van der Waals surface area contributed by atoms with Crippen LogP contribution in [0.3, 0.4) is 0 Å². The second-order valence-electron chi connectivity index (χ2n) is 4.22. The van der Waals surface area contributed by atoms with Gasteiger partial charge in [-0.05, 0) is 24.3 Å². The maximum Gasteiger partial charge on any atom is 0.573 e. The van der Waals surface area contributed by atoms with E-state index in [4.69, 9.17) is 0 Å². The third-order valence-corrected chi connectivity index (χ3v) is 2.48. The van der Waals surface area contributed by atoms with E-state index in [9.17, 15) is 22.8 Å². The number of anilines is 1. The second-order valence-corrected chi connectivity index (χ2v) is 4.22. The van der Waals surface area contributed by atoms with Crippen molar-refractivity contribution in [2.75, 3.05) is 18.9 Å². The Hall–Kier alpha value is -2.25. The van der Waals surface area contributed by atoms with Gasteiger partial charge in [-0.15, -0.1) is 13.2 Å². The molecule has 8 heteroatoms. The maximum absolute atomic E-state index is 12.0. The normalized spacial score (nSPS) is 10.9. The Labute approximate surface area is 119 Å². The number of hydrogen-bond donors (Lipinski definition) is 1. The molecule has 2 amide bonds. The van der Waals surface area contributed by atoms with Crippen LogP contribution in [0.15, 0.2) is 24.3 Å². The van der Waals surface area contributed by atoms with Crippen molar-refractivity contribution in [3.05, 3.63) is 24.3 Å². The smallest absolute Gasteiger partial charge is 0.406 e. The minimum absolute atomic E-state index is 0.131. The van der Waals surface area contributed by atoms with Gasteiger partial charge in [0.2, 0.25) is 11.8 Å². The largest absolute Gasteiger partial charge is 0.573 e. The lowest BCUT2D eigenvalue weighted by molar-refractivity contribution is -0.274. The Bertz CT molecular complexity index is 500. The number of nitrogens with one attached hydrogen (secondary N) is 1. The minimum Gasteiger partial charge on any atom is -0.406 e. The number of carbonyl (C=O) groups is 2. The van der Waals surface area contributed by atoms with Crippen LogP contribution in [0, 0.1) is 0 Å². The first-order chi connectivity index (χ1) is 9.71. The molecule has 1 rings (SSSR count). The summed E-state index contributed by atoms with van der Waals surface area (Å²) in [6.07, 6.45) is -4.47. The SMILES string of the molecule is CCC(=O)N(C)CC(=O)Nc1ccc(OC(F)(F)F)cc1. The lowest BCUT2D eigenvalue weighted by atomic mass is 10.3. The Kier molecular flexibility index (Phi) is 5.57. The molecule has 0 spiro atoms. The molecule has 1 aromatic rings. The second kappa shape index (κ2) is 6.96. The van der Waals surface area contributed by atoms with Gasteiger partial charge in [-0.2, -0.15) is 0 Å². The van der Waals surface area contributed by atoms with Crippen LogP contribution in [-0.2, 0) is 9.59 Å². The fourth-order valence-corrected chi connectivity index (χ4v) is 1.51. The van der Waals surface area contributed by atoms with Crippen LogP contribution in [0.2, 0.25) is 0 Å². The molecule has 0 saturated carbocycles. The summed E-state index contributed by atoms with van der Waals surface area (Å²) in [5.74, 6) is -0.998. The van der Waals surface area contributed by atoms with E-state index in [1.54, 1.807) is 6.92 Å². The van der Waals surface area contributed by atoms with Crippen LogP contribution < -0.4 is 10.1 Å². The molecule has 0 unspecified atom stereocenters. The number of carbonyl (C=O) groups excluding carboxylic acids is 2. The van der Waals surface area contributed by atoms with Crippen molar-refractivity contribution in [2.45, 2.75) is 19.7 Å². The summed E-state index contributed by atoms with van der Waals surface area (Å²) in [5.41, 5.74) is 0.312. The number of halogens is 3. The van der Waals surface area contributed by atoms with Crippen LogP contribution in [0.4, 0.5) is 18.9 Å². The summed E-state index contributed by atoms with van der Waals surface area (Å²) in [6.45, 7) is 1.55. The van der Waals surface area contributed by atoms with Gasteiger partial charge in [0.1, 0.15) is 5.75 Å². The Morgan fingerprint density at radius 3 is 2.29 bits per heavy atom. The van der Waals surface area contributed by atoms with E-state index in [1.165, 1.54) is 24.1 Å². The van der Waals surface area contributed by atoms with Crippen molar-refractivity contribution in [1.29, 1.82) is 0 Å². The van der Waals surface area contributed by atoms with E-state index in [-0.39, 0.29) is 24.6 Å². The van der Waals surface area contributed by atoms with Gasteiger partial charge in [0, 0.05) is 19.2 Å². The predicted octanol–water partition coefficient (Wildman–Crippen LogP) is 2.39. The molecule has 0 fully saturated rings. The van der Waals surface area contributed by atoms with E-state index < -0.39 is 12.3 Å². The lowest BCUT2D eigenvalue weighted by Crippen LogP contribution is -2.34.